The second kappa shape index (κ2) is 8.52. The number of likely N-dealkylation sites (tertiary alicyclic amines) is 1. The molecule has 198 valence electrons. The lowest BCUT2D eigenvalue weighted by molar-refractivity contribution is -0.200. The van der Waals surface area contributed by atoms with E-state index in [0.717, 1.165) is 43.0 Å². The molecule has 2 heterocycles. The van der Waals surface area contributed by atoms with Gasteiger partial charge >= 0.3 is 0 Å². The quantitative estimate of drug-likeness (QED) is 0.519. The average Bonchev–Trinajstić information content (AvgIpc) is 3.59. The average molecular weight is 526 g/mol. The molecule has 4 N–H and O–H groups in total. The van der Waals surface area contributed by atoms with E-state index in [4.69, 9.17) is 10.5 Å². The summed E-state index contributed by atoms with van der Waals surface area (Å²) in [7, 11) is 1.86. The number of piperidine rings is 1. The highest BCUT2D eigenvalue weighted by atomic mass is 35.5. The summed E-state index contributed by atoms with van der Waals surface area (Å²) >= 11 is 0. The molecule has 2 aliphatic heterocycles. The second-order valence-corrected chi connectivity index (χ2v) is 11.8. The van der Waals surface area contributed by atoms with Gasteiger partial charge in [-0.3, -0.25) is 9.69 Å². The van der Waals surface area contributed by atoms with Crippen molar-refractivity contribution in [2.45, 2.75) is 74.1 Å². The molecule has 0 radical (unpaired) electrons. The third kappa shape index (κ3) is 3.43. The summed E-state index contributed by atoms with van der Waals surface area (Å²) in [6, 6.07) is 11.1. The van der Waals surface area contributed by atoms with E-state index in [1.54, 1.807) is 6.07 Å². The van der Waals surface area contributed by atoms with E-state index in [1.165, 1.54) is 18.4 Å². The van der Waals surface area contributed by atoms with Gasteiger partial charge in [-0.25, -0.2) is 0 Å². The van der Waals surface area contributed by atoms with E-state index in [-0.39, 0.29) is 48.7 Å². The number of phenolic OH excluding ortho intramolecular Hbond substituents is 1. The predicted octanol–water partition coefficient (Wildman–Crippen LogP) is 3.03. The van der Waals surface area contributed by atoms with Crippen molar-refractivity contribution in [3.05, 3.63) is 53.1 Å². The second-order valence-electron chi connectivity index (χ2n) is 11.8. The Morgan fingerprint density at radius 1 is 1.22 bits per heavy atom. The van der Waals surface area contributed by atoms with Gasteiger partial charge in [-0.15, -0.1) is 12.4 Å². The van der Waals surface area contributed by atoms with Crippen LogP contribution in [0.1, 0.15) is 48.8 Å². The minimum atomic E-state index is -0.939. The van der Waals surface area contributed by atoms with Gasteiger partial charge in [-0.1, -0.05) is 18.2 Å². The molecule has 1 saturated heterocycles. The molecule has 0 unspecified atom stereocenters. The Labute approximate surface area is 224 Å². The molecule has 5 aliphatic rings. The smallest absolute Gasteiger partial charge is 0.227 e. The van der Waals surface area contributed by atoms with Gasteiger partial charge in [-0.2, -0.15) is 0 Å². The molecule has 8 heteroatoms. The third-order valence-electron chi connectivity index (χ3n) is 9.93. The predicted molar refractivity (Wildman–Crippen MR) is 143 cm³/mol. The topological polar surface area (TPSA) is 99.3 Å². The number of hydrogen-bond acceptors (Lipinski definition) is 6. The maximum absolute atomic E-state index is 13.5. The molecule has 3 aliphatic carbocycles. The number of ether oxygens (including phenoxy) is 1. The summed E-state index contributed by atoms with van der Waals surface area (Å²) < 4.78 is 6.61. The molecule has 7 nitrogen and oxygen atoms in total. The number of aliphatic hydroxyl groups is 1. The number of rotatable bonds is 5. The van der Waals surface area contributed by atoms with E-state index in [0.29, 0.717) is 24.3 Å². The Morgan fingerprint density at radius 2 is 2.03 bits per heavy atom. The van der Waals surface area contributed by atoms with Crippen LogP contribution in [-0.4, -0.2) is 69.8 Å². The lowest BCUT2D eigenvalue weighted by Crippen LogP contribution is -2.78. The number of nitrogens with two attached hydrogens (primary N) is 1. The number of phenols is 1. The Balaban J connectivity index is 0.00000252. The zero-order valence-electron chi connectivity index (χ0n) is 21.2. The molecule has 1 amide bonds. The van der Waals surface area contributed by atoms with Crippen molar-refractivity contribution in [2.24, 2.45) is 5.92 Å². The summed E-state index contributed by atoms with van der Waals surface area (Å²) in [5, 5.41) is 23.4. The third-order valence-corrected chi connectivity index (χ3v) is 9.93. The van der Waals surface area contributed by atoms with Gasteiger partial charge in [0.25, 0.3) is 0 Å². The van der Waals surface area contributed by atoms with Crippen molar-refractivity contribution in [2.75, 3.05) is 25.9 Å². The number of aromatic hydroxyl groups is 1. The highest BCUT2D eigenvalue weighted by molar-refractivity contribution is 5.85. The van der Waals surface area contributed by atoms with Gasteiger partial charge in [0.2, 0.25) is 5.91 Å². The number of carbonyl (C=O) groups is 1. The summed E-state index contributed by atoms with van der Waals surface area (Å²) in [6.45, 7) is 1.96. The molecule has 2 saturated carbocycles. The minimum Gasteiger partial charge on any atom is -0.504 e. The Hall–Kier alpha value is -2.48. The summed E-state index contributed by atoms with van der Waals surface area (Å²) in [5.41, 5.74) is 8.09. The lowest BCUT2D eigenvalue weighted by Gasteiger charge is -2.64. The SMILES string of the molecule is CN(C(=O)Cc1cccc(N)c1)[C@H]1CC[C@@]2(O)[C@H]3Cc4ccc(O)c5c4[C@@]2(CCN3CC2CC2)[C@H]1O5.Cl. The monoisotopic (exact) mass is 525 g/mol. The van der Waals surface area contributed by atoms with Crippen LogP contribution in [0.3, 0.4) is 0 Å². The first-order valence-corrected chi connectivity index (χ1v) is 13.4. The van der Waals surface area contributed by atoms with Gasteiger partial charge in [-0.05, 0) is 80.3 Å². The molecule has 37 heavy (non-hydrogen) atoms. The molecule has 3 fully saturated rings. The van der Waals surface area contributed by atoms with Crippen LogP contribution in [0.15, 0.2) is 36.4 Å². The minimum absolute atomic E-state index is 0. The van der Waals surface area contributed by atoms with Crippen LogP contribution in [0, 0.1) is 5.92 Å². The van der Waals surface area contributed by atoms with Gasteiger partial charge in [0.1, 0.15) is 6.10 Å². The maximum Gasteiger partial charge on any atom is 0.227 e. The highest BCUT2D eigenvalue weighted by Crippen LogP contribution is 2.66. The number of amides is 1. The van der Waals surface area contributed by atoms with Gasteiger partial charge in [0.15, 0.2) is 11.5 Å². The van der Waals surface area contributed by atoms with Crippen LogP contribution in [0.5, 0.6) is 11.5 Å². The van der Waals surface area contributed by atoms with Crippen LogP contribution in [-0.2, 0) is 23.1 Å². The molecule has 2 bridgehead atoms. The van der Waals surface area contributed by atoms with Crippen molar-refractivity contribution in [1.82, 2.24) is 9.80 Å². The highest BCUT2D eigenvalue weighted by Gasteiger charge is 2.73. The summed E-state index contributed by atoms with van der Waals surface area (Å²) in [5.74, 6) is 1.41. The van der Waals surface area contributed by atoms with Crippen molar-refractivity contribution in [1.29, 1.82) is 0 Å². The van der Waals surface area contributed by atoms with E-state index < -0.39 is 11.0 Å². The molecular formula is C29H36ClN3O4. The molecule has 2 aromatic rings. The van der Waals surface area contributed by atoms with Gasteiger partial charge < -0.3 is 25.6 Å². The van der Waals surface area contributed by atoms with Crippen molar-refractivity contribution >= 4 is 24.0 Å². The summed E-state index contributed by atoms with van der Waals surface area (Å²) in [6.07, 6.45) is 5.29. The van der Waals surface area contributed by atoms with E-state index in [9.17, 15) is 15.0 Å². The zero-order chi connectivity index (χ0) is 24.8. The number of benzene rings is 2. The van der Waals surface area contributed by atoms with E-state index in [1.807, 2.05) is 42.3 Å². The zero-order valence-corrected chi connectivity index (χ0v) is 22.0. The number of nitrogen functional groups attached to an aromatic ring is 1. The molecular weight excluding hydrogens is 490 g/mol. The first-order chi connectivity index (χ1) is 17.3. The standard InChI is InChI=1S/C29H35N3O4.ClH/c1-31(24(34)14-18-3-2-4-20(30)13-18)21-9-10-29(35)23-15-19-7-8-22(33)26-25(19)28(29,27(21)36-26)11-12-32(23)16-17-5-6-17;/h2-4,7-8,13,17,21,23,27,33,35H,5-6,9-12,14-16,30H2,1H3;1H/t21-,23+,27-,28-,29+;/m0./s1. The molecule has 0 aromatic heterocycles. The Bertz CT molecular complexity index is 1250. The Morgan fingerprint density at radius 3 is 2.78 bits per heavy atom. The molecule has 7 rings (SSSR count). The largest absolute Gasteiger partial charge is 0.504 e. The number of carbonyl (C=O) groups excluding carboxylic acids is 1. The van der Waals surface area contributed by atoms with Crippen molar-refractivity contribution in [3.8, 4) is 11.5 Å². The number of halogens is 1. The molecule has 5 atom stereocenters. The number of likely N-dealkylation sites (N-methyl/N-ethyl adjacent to an activating group) is 1. The van der Waals surface area contributed by atoms with Crippen molar-refractivity contribution < 1.29 is 19.7 Å². The normalized spacial score (nSPS) is 33.2. The fourth-order valence-corrected chi connectivity index (χ4v) is 8.04. The van der Waals surface area contributed by atoms with Crippen molar-refractivity contribution in [3.63, 3.8) is 0 Å². The lowest BCUT2D eigenvalue weighted by atomic mass is 9.48. The molecule has 1 spiro atoms. The maximum atomic E-state index is 13.5. The van der Waals surface area contributed by atoms with Crippen LogP contribution in [0.4, 0.5) is 5.69 Å². The summed E-state index contributed by atoms with van der Waals surface area (Å²) in [4.78, 5) is 17.8. The van der Waals surface area contributed by atoms with Crippen LogP contribution in [0.25, 0.3) is 0 Å². The number of anilines is 1. The fourth-order valence-electron chi connectivity index (χ4n) is 8.04. The molecule has 2 aromatic carbocycles. The number of hydrogen-bond donors (Lipinski definition) is 3. The van der Waals surface area contributed by atoms with Crippen LogP contribution < -0.4 is 10.5 Å². The Kier molecular flexibility index (Phi) is 5.72. The van der Waals surface area contributed by atoms with Crippen LogP contribution >= 0.6 is 12.4 Å². The van der Waals surface area contributed by atoms with Gasteiger partial charge in [0.05, 0.1) is 23.5 Å². The van der Waals surface area contributed by atoms with E-state index >= 15 is 0 Å². The number of nitrogens with zero attached hydrogens (tertiary/aromatic N) is 2. The van der Waals surface area contributed by atoms with E-state index in [2.05, 4.69) is 4.90 Å². The first kappa shape index (κ1) is 24.8. The fraction of sp³-hybridized carbons (Fsp3) is 0.552. The first-order valence-electron chi connectivity index (χ1n) is 13.4. The van der Waals surface area contributed by atoms with Crippen LogP contribution in [0.2, 0.25) is 0 Å². The van der Waals surface area contributed by atoms with Gasteiger partial charge in [0, 0.05) is 30.9 Å².